The van der Waals surface area contributed by atoms with Crippen LogP contribution < -0.4 is 25.3 Å². The highest BCUT2D eigenvalue weighted by Gasteiger charge is 2.23. The van der Waals surface area contributed by atoms with Gasteiger partial charge in [0, 0.05) is 6.07 Å². The quantitative estimate of drug-likeness (QED) is 0.721. The second kappa shape index (κ2) is 9.16. The lowest BCUT2D eigenvalue weighted by Crippen LogP contribution is -2.20. The topological polar surface area (TPSA) is 112 Å². The Morgan fingerprint density at radius 3 is 2.72 bits per heavy atom. The maximum absolute atomic E-state index is 11.9. The molecule has 1 heterocycles. The number of primary amides is 1. The SMILES string of the molecule is COc1cccc(N=C2NC(=O)SC2=Cc2ccc(OCC(N)=O)c(OC)c2)c1. The molecule has 150 valence electrons. The zero-order valence-electron chi connectivity index (χ0n) is 15.8. The maximum atomic E-state index is 11.9. The molecule has 1 saturated heterocycles. The van der Waals surface area contributed by atoms with E-state index < -0.39 is 5.91 Å². The van der Waals surface area contributed by atoms with Crippen LogP contribution in [0, 0.1) is 0 Å². The summed E-state index contributed by atoms with van der Waals surface area (Å²) in [6.45, 7) is -0.248. The molecule has 0 bridgehead atoms. The van der Waals surface area contributed by atoms with Crippen molar-refractivity contribution in [2.24, 2.45) is 10.7 Å². The molecule has 0 saturated carbocycles. The number of aliphatic imine (C=N–C) groups is 1. The third kappa shape index (κ3) is 5.29. The third-order valence-electron chi connectivity index (χ3n) is 3.81. The molecule has 2 amide bonds. The van der Waals surface area contributed by atoms with Crippen molar-refractivity contribution in [1.29, 1.82) is 0 Å². The fourth-order valence-corrected chi connectivity index (χ4v) is 3.25. The van der Waals surface area contributed by atoms with Gasteiger partial charge in [0.15, 0.2) is 18.1 Å². The van der Waals surface area contributed by atoms with E-state index in [1.807, 2.05) is 24.3 Å². The van der Waals surface area contributed by atoms with Gasteiger partial charge in [-0.05, 0) is 47.7 Å². The van der Waals surface area contributed by atoms with Crippen LogP contribution in [-0.4, -0.2) is 37.8 Å². The molecule has 3 N–H and O–H groups in total. The molecule has 2 aromatic carbocycles. The first-order valence-corrected chi connectivity index (χ1v) is 9.33. The summed E-state index contributed by atoms with van der Waals surface area (Å²) in [6, 6.07) is 12.4. The number of carbonyl (C=O) groups is 2. The molecule has 29 heavy (non-hydrogen) atoms. The van der Waals surface area contributed by atoms with Crippen molar-refractivity contribution in [3.8, 4) is 17.2 Å². The first-order chi connectivity index (χ1) is 14.0. The molecular formula is C20H19N3O5S. The minimum absolute atomic E-state index is 0.216. The van der Waals surface area contributed by atoms with Crippen molar-refractivity contribution in [3.05, 3.63) is 52.9 Å². The highest BCUT2D eigenvalue weighted by Crippen LogP contribution is 2.32. The summed E-state index contributed by atoms with van der Waals surface area (Å²) in [5.74, 6) is 1.37. The van der Waals surface area contributed by atoms with Crippen molar-refractivity contribution in [2.75, 3.05) is 20.8 Å². The Labute approximate surface area is 171 Å². The number of hydrogen-bond acceptors (Lipinski definition) is 7. The summed E-state index contributed by atoms with van der Waals surface area (Å²) < 4.78 is 15.8. The van der Waals surface area contributed by atoms with Crippen molar-refractivity contribution in [2.45, 2.75) is 0 Å². The normalized spacial score (nSPS) is 16.0. The smallest absolute Gasteiger partial charge is 0.289 e. The molecule has 1 aliphatic heterocycles. The first-order valence-electron chi connectivity index (χ1n) is 8.51. The van der Waals surface area contributed by atoms with E-state index in [0.717, 1.165) is 17.3 Å². The molecule has 0 aromatic heterocycles. The van der Waals surface area contributed by atoms with Crippen molar-refractivity contribution in [1.82, 2.24) is 5.32 Å². The van der Waals surface area contributed by atoms with E-state index in [1.165, 1.54) is 7.11 Å². The second-order valence-electron chi connectivity index (χ2n) is 5.85. The lowest BCUT2D eigenvalue weighted by molar-refractivity contribution is -0.119. The number of hydrogen-bond donors (Lipinski definition) is 2. The number of benzene rings is 2. The van der Waals surface area contributed by atoms with Gasteiger partial charge < -0.3 is 25.3 Å². The number of methoxy groups -OCH3 is 2. The summed E-state index contributed by atoms with van der Waals surface area (Å²) in [4.78, 5) is 28.0. The van der Waals surface area contributed by atoms with Crippen LogP contribution in [0.25, 0.3) is 6.08 Å². The van der Waals surface area contributed by atoms with Crippen LogP contribution in [0.2, 0.25) is 0 Å². The molecule has 9 heteroatoms. The van der Waals surface area contributed by atoms with E-state index in [0.29, 0.717) is 33.7 Å². The molecular weight excluding hydrogens is 394 g/mol. The molecule has 0 atom stereocenters. The van der Waals surface area contributed by atoms with Crippen LogP contribution in [0.15, 0.2) is 52.4 Å². The molecule has 1 aliphatic rings. The number of carbonyl (C=O) groups excluding carboxylic acids is 2. The average Bonchev–Trinajstić information content (AvgIpc) is 3.05. The van der Waals surface area contributed by atoms with E-state index in [2.05, 4.69) is 10.3 Å². The van der Waals surface area contributed by atoms with Gasteiger partial charge in [-0.3, -0.25) is 9.59 Å². The van der Waals surface area contributed by atoms with Crippen molar-refractivity contribution >= 4 is 40.5 Å². The molecule has 8 nitrogen and oxygen atoms in total. The summed E-state index contributed by atoms with van der Waals surface area (Å²) in [6.07, 6.45) is 1.81. The van der Waals surface area contributed by atoms with Gasteiger partial charge in [-0.2, -0.15) is 0 Å². The highest BCUT2D eigenvalue weighted by atomic mass is 32.2. The van der Waals surface area contributed by atoms with Crippen molar-refractivity contribution < 1.29 is 23.8 Å². The Hall–Kier alpha value is -3.46. The standard InChI is InChI=1S/C20H19N3O5S/c1-26-14-5-3-4-13(10-14)22-19-17(29-20(25)23-19)9-12-6-7-15(16(8-12)27-2)28-11-18(21)24/h3-10H,11H2,1-2H3,(H2,21,24)(H,22,23,25). The van der Waals surface area contributed by atoms with Crippen LogP contribution in [0.1, 0.15) is 5.56 Å². The van der Waals surface area contributed by atoms with Gasteiger partial charge in [0.2, 0.25) is 0 Å². The minimum atomic E-state index is -0.580. The van der Waals surface area contributed by atoms with Gasteiger partial charge in [-0.25, -0.2) is 4.99 Å². The predicted octanol–water partition coefficient (Wildman–Crippen LogP) is 3.10. The monoisotopic (exact) mass is 413 g/mol. The number of nitrogens with one attached hydrogen (secondary N) is 1. The van der Waals surface area contributed by atoms with Gasteiger partial charge in [0.05, 0.1) is 24.8 Å². The van der Waals surface area contributed by atoms with E-state index in [1.54, 1.807) is 31.4 Å². The van der Waals surface area contributed by atoms with Crippen LogP contribution in [0.5, 0.6) is 17.2 Å². The number of nitrogens with zero attached hydrogens (tertiary/aromatic N) is 1. The number of amidine groups is 1. The van der Waals surface area contributed by atoms with E-state index in [9.17, 15) is 9.59 Å². The zero-order valence-corrected chi connectivity index (χ0v) is 16.6. The average molecular weight is 413 g/mol. The fourth-order valence-electron chi connectivity index (χ4n) is 2.52. The first kappa shape index (κ1) is 20.3. The van der Waals surface area contributed by atoms with Gasteiger partial charge in [-0.15, -0.1) is 0 Å². The maximum Gasteiger partial charge on any atom is 0.289 e. The van der Waals surface area contributed by atoms with Crippen molar-refractivity contribution in [3.63, 3.8) is 0 Å². The second-order valence-corrected chi connectivity index (χ2v) is 6.87. The molecule has 0 aliphatic carbocycles. The Morgan fingerprint density at radius 1 is 1.17 bits per heavy atom. The fraction of sp³-hybridized carbons (Fsp3) is 0.150. The van der Waals surface area contributed by atoms with Gasteiger partial charge in [-0.1, -0.05) is 12.1 Å². The minimum Gasteiger partial charge on any atom is -0.497 e. The van der Waals surface area contributed by atoms with E-state index in [-0.39, 0.29) is 11.8 Å². The highest BCUT2D eigenvalue weighted by molar-refractivity contribution is 8.18. The Kier molecular flexibility index (Phi) is 6.40. The number of rotatable bonds is 7. The summed E-state index contributed by atoms with van der Waals surface area (Å²) in [5.41, 5.74) is 6.53. The van der Waals surface area contributed by atoms with Gasteiger partial charge in [0.1, 0.15) is 11.6 Å². The summed E-state index contributed by atoms with van der Waals surface area (Å²) >= 11 is 1.05. The number of amides is 2. The lowest BCUT2D eigenvalue weighted by atomic mass is 10.2. The third-order valence-corrected chi connectivity index (χ3v) is 4.62. The van der Waals surface area contributed by atoms with Gasteiger partial charge >= 0.3 is 0 Å². The number of ether oxygens (including phenoxy) is 3. The number of nitrogens with two attached hydrogens (primary N) is 1. The van der Waals surface area contributed by atoms with Crippen LogP contribution in [-0.2, 0) is 4.79 Å². The largest absolute Gasteiger partial charge is 0.497 e. The molecule has 3 rings (SSSR count). The zero-order chi connectivity index (χ0) is 20.8. The lowest BCUT2D eigenvalue weighted by Gasteiger charge is -2.10. The molecule has 0 spiro atoms. The molecule has 0 radical (unpaired) electrons. The molecule has 2 aromatic rings. The Bertz CT molecular complexity index is 1000. The van der Waals surface area contributed by atoms with Crippen LogP contribution in [0.4, 0.5) is 10.5 Å². The van der Waals surface area contributed by atoms with Crippen LogP contribution in [0.3, 0.4) is 0 Å². The van der Waals surface area contributed by atoms with Gasteiger partial charge in [0.25, 0.3) is 11.1 Å². The van der Waals surface area contributed by atoms with E-state index >= 15 is 0 Å². The number of thioether (sulfide) groups is 1. The molecule has 0 unspecified atom stereocenters. The van der Waals surface area contributed by atoms with E-state index in [4.69, 9.17) is 19.9 Å². The molecule has 1 fully saturated rings. The Balaban J connectivity index is 1.89. The Morgan fingerprint density at radius 2 is 2.00 bits per heavy atom. The van der Waals surface area contributed by atoms with Crippen LogP contribution >= 0.6 is 11.8 Å². The summed E-state index contributed by atoms with van der Waals surface area (Å²) in [5, 5.41) is 2.52. The summed E-state index contributed by atoms with van der Waals surface area (Å²) in [7, 11) is 3.07. The predicted molar refractivity (Wildman–Crippen MR) is 112 cm³/mol.